The van der Waals surface area contributed by atoms with Crippen LogP contribution in [-0.4, -0.2) is 33.5 Å². The van der Waals surface area contributed by atoms with Gasteiger partial charge >= 0.3 is 6.18 Å². The first-order valence-corrected chi connectivity index (χ1v) is 13.1. The van der Waals surface area contributed by atoms with Crippen molar-refractivity contribution >= 4 is 33.2 Å². The maximum atomic E-state index is 14.1. The number of hydrogen-bond donors (Lipinski definition) is 1. The molecular weight excluding hydrogens is 548 g/mol. The molecule has 0 aromatic heterocycles. The van der Waals surface area contributed by atoms with Crippen LogP contribution in [0.5, 0.6) is 5.75 Å². The Hall–Kier alpha value is -3.57. The van der Waals surface area contributed by atoms with Crippen molar-refractivity contribution in [2.45, 2.75) is 23.6 Å². The SMILES string of the molecule is C=CCC(=O)NC[C@H]1CN(S(=O)(=O)c2cccc(C(F)(F)F)c2)c2cc(-c3cccc(F)c3Cl)ccc2O1. The van der Waals surface area contributed by atoms with Gasteiger partial charge in [-0.15, -0.1) is 6.58 Å². The van der Waals surface area contributed by atoms with E-state index < -0.39 is 38.6 Å². The van der Waals surface area contributed by atoms with Crippen LogP contribution in [-0.2, 0) is 21.0 Å². The molecule has 0 fully saturated rings. The molecule has 0 aliphatic carbocycles. The van der Waals surface area contributed by atoms with Crippen LogP contribution in [0.25, 0.3) is 11.1 Å². The predicted octanol–water partition coefficient (Wildman–Crippen LogP) is 5.81. The van der Waals surface area contributed by atoms with Gasteiger partial charge in [0.25, 0.3) is 10.0 Å². The topological polar surface area (TPSA) is 75.7 Å². The molecule has 0 radical (unpaired) electrons. The first-order valence-electron chi connectivity index (χ1n) is 11.2. The van der Waals surface area contributed by atoms with Crippen LogP contribution in [0.15, 0.2) is 78.2 Å². The van der Waals surface area contributed by atoms with Crippen molar-refractivity contribution < 1.29 is 35.5 Å². The third-order valence-corrected chi connectivity index (χ3v) is 7.92. The highest BCUT2D eigenvalue weighted by molar-refractivity contribution is 7.92. The van der Waals surface area contributed by atoms with Gasteiger partial charge in [-0.25, -0.2) is 12.8 Å². The smallest absolute Gasteiger partial charge is 0.416 e. The zero-order valence-corrected chi connectivity index (χ0v) is 21.2. The number of halogens is 5. The van der Waals surface area contributed by atoms with Crippen LogP contribution in [0, 0.1) is 5.82 Å². The van der Waals surface area contributed by atoms with E-state index in [1.807, 2.05) is 0 Å². The average molecular weight is 569 g/mol. The Morgan fingerprint density at radius 3 is 2.61 bits per heavy atom. The molecule has 1 amide bonds. The zero-order valence-electron chi connectivity index (χ0n) is 19.6. The van der Waals surface area contributed by atoms with E-state index >= 15 is 0 Å². The minimum atomic E-state index is -4.76. The van der Waals surface area contributed by atoms with Crippen molar-refractivity contribution in [1.29, 1.82) is 0 Å². The minimum absolute atomic E-state index is 0.0221. The summed E-state index contributed by atoms with van der Waals surface area (Å²) in [6.45, 7) is 3.09. The number of ether oxygens (including phenoxy) is 1. The van der Waals surface area contributed by atoms with Gasteiger partial charge in [0.2, 0.25) is 5.91 Å². The van der Waals surface area contributed by atoms with Gasteiger partial charge in [0.1, 0.15) is 17.7 Å². The van der Waals surface area contributed by atoms with E-state index in [1.54, 1.807) is 12.1 Å². The number of nitrogens with zero attached hydrogens (tertiary/aromatic N) is 1. The molecule has 0 spiro atoms. The molecule has 4 rings (SSSR count). The van der Waals surface area contributed by atoms with Gasteiger partial charge in [0.15, 0.2) is 0 Å². The van der Waals surface area contributed by atoms with Crippen molar-refractivity contribution in [2.75, 3.05) is 17.4 Å². The number of nitrogens with one attached hydrogen (secondary N) is 1. The average Bonchev–Trinajstić information content (AvgIpc) is 2.88. The number of rotatable bonds is 7. The molecule has 200 valence electrons. The lowest BCUT2D eigenvalue weighted by atomic mass is 10.0. The molecule has 0 saturated carbocycles. The van der Waals surface area contributed by atoms with Crippen LogP contribution < -0.4 is 14.4 Å². The summed E-state index contributed by atoms with van der Waals surface area (Å²) in [5.74, 6) is -0.939. The van der Waals surface area contributed by atoms with E-state index in [0.29, 0.717) is 11.6 Å². The van der Waals surface area contributed by atoms with Gasteiger partial charge in [-0.1, -0.05) is 41.9 Å². The highest BCUT2D eigenvalue weighted by Crippen LogP contribution is 2.42. The highest BCUT2D eigenvalue weighted by Gasteiger charge is 2.37. The third-order valence-electron chi connectivity index (χ3n) is 5.76. The van der Waals surface area contributed by atoms with Gasteiger partial charge < -0.3 is 10.1 Å². The van der Waals surface area contributed by atoms with Crippen molar-refractivity contribution in [3.8, 4) is 16.9 Å². The second-order valence-corrected chi connectivity index (χ2v) is 10.6. The lowest BCUT2D eigenvalue weighted by Crippen LogP contribution is -2.48. The molecule has 1 aliphatic heterocycles. The molecule has 1 atom stereocenters. The molecule has 0 saturated heterocycles. The highest BCUT2D eigenvalue weighted by atomic mass is 35.5. The van der Waals surface area contributed by atoms with Crippen LogP contribution in [0.3, 0.4) is 0 Å². The van der Waals surface area contributed by atoms with E-state index in [9.17, 15) is 30.8 Å². The number of hydrogen-bond acceptors (Lipinski definition) is 4. The molecule has 12 heteroatoms. The monoisotopic (exact) mass is 568 g/mol. The minimum Gasteiger partial charge on any atom is -0.484 e. The maximum Gasteiger partial charge on any atom is 0.416 e. The maximum absolute atomic E-state index is 14.1. The fourth-order valence-corrected chi connectivity index (χ4v) is 5.71. The largest absolute Gasteiger partial charge is 0.484 e. The number of fused-ring (bicyclic) bond motifs is 1. The molecule has 1 heterocycles. The first kappa shape index (κ1) is 27.5. The summed E-state index contributed by atoms with van der Waals surface area (Å²) < 4.78 is 88.3. The lowest BCUT2D eigenvalue weighted by Gasteiger charge is -2.36. The van der Waals surface area contributed by atoms with Crippen molar-refractivity contribution in [3.05, 3.63) is 89.7 Å². The summed E-state index contributed by atoms with van der Waals surface area (Å²) in [6, 6.07) is 12.0. The zero-order chi connectivity index (χ0) is 27.7. The predicted molar refractivity (Wildman–Crippen MR) is 135 cm³/mol. The first-order chi connectivity index (χ1) is 17.9. The number of anilines is 1. The quantitative estimate of drug-likeness (QED) is 0.288. The Bertz CT molecular complexity index is 1490. The Kier molecular flexibility index (Phi) is 7.70. The molecule has 0 bridgehead atoms. The molecule has 1 N–H and O–H groups in total. The Labute approximate surface area is 221 Å². The fourth-order valence-electron chi connectivity index (χ4n) is 3.93. The normalized spacial score (nSPS) is 15.4. The van der Waals surface area contributed by atoms with Crippen LogP contribution in [0.4, 0.5) is 23.2 Å². The summed E-state index contributed by atoms with van der Waals surface area (Å²) in [4.78, 5) is 11.3. The standard InChI is InChI=1S/C26H21ClF4N2O4S/c1-2-5-24(34)32-14-18-15-33(38(35,36)19-7-3-6-17(13-19)26(29,30)31)22-12-16(10-11-23(22)37-18)20-8-4-9-21(28)25(20)27/h2-4,6-13,18H,1,5,14-15H2,(H,32,34)/t18-/m0/s1. The third kappa shape index (κ3) is 5.63. The summed E-state index contributed by atoms with van der Waals surface area (Å²) in [5, 5.41) is 2.43. The number of sulfonamides is 1. The summed E-state index contributed by atoms with van der Waals surface area (Å²) in [5.41, 5.74) is -0.460. The summed E-state index contributed by atoms with van der Waals surface area (Å²) in [6.07, 6.45) is -4.18. The van der Waals surface area contributed by atoms with E-state index in [-0.39, 0.29) is 47.4 Å². The number of alkyl halides is 3. The van der Waals surface area contributed by atoms with Gasteiger partial charge in [0, 0.05) is 12.0 Å². The van der Waals surface area contributed by atoms with Crippen molar-refractivity contribution in [2.24, 2.45) is 0 Å². The van der Waals surface area contributed by atoms with Crippen molar-refractivity contribution in [3.63, 3.8) is 0 Å². The van der Waals surface area contributed by atoms with Gasteiger partial charge in [0.05, 0.1) is 34.3 Å². The Morgan fingerprint density at radius 2 is 1.89 bits per heavy atom. The van der Waals surface area contributed by atoms with E-state index in [1.165, 1.54) is 30.3 Å². The summed E-state index contributed by atoms with van der Waals surface area (Å²) in [7, 11) is -4.54. The van der Waals surface area contributed by atoms with Gasteiger partial charge in [-0.2, -0.15) is 13.2 Å². The van der Waals surface area contributed by atoms with Gasteiger partial charge in [-0.3, -0.25) is 9.10 Å². The molecular formula is C26H21ClF4N2O4S. The number of amides is 1. The van der Waals surface area contributed by atoms with E-state index in [4.69, 9.17) is 16.3 Å². The van der Waals surface area contributed by atoms with Crippen LogP contribution in [0.1, 0.15) is 12.0 Å². The van der Waals surface area contributed by atoms with E-state index in [0.717, 1.165) is 22.5 Å². The molecule has 1 aliphatic rings. The number of benzene rings is 3. The number of carbonyl (C=O) groups is 1. The Balaban J connectivity index is 1.80. The van der Waals surface area contributed by atoms with Crippen LogP contribution in [0.2, 0.25) is 5.02 Å². The lowest BCUT2D eigenvalue weighted by molar-refractivity contribution is -0.137. The second kappa shape index (κ2) is 10.7. The fraction of sp³-hybridized carbons (Fsp3) is 0.192. The second-order valence-electron chi connectivity index (χ2n) is 8.38. The molecule has 3 aromatic rings. The summed E-state index contributed by atoms with van der Waals surface area (Å²) >= 11 is 6.12. The molecule has 3 aromatic carbocycles. The number of carbonyl (C=O) groups excluding carboxylic acids is 1. The van der Waals surface area contributed by atoms with Crippen LogP contribution >= 0.6 is 11.6 Å². The van der Waals surface area contributed by atoms with Gasteiger partial charge in [-0.05, 0) is 42.0 Å². The van der Waals surface area contributed by atoms with E-state index in [2.05, 4.69) is 11.9 Å². The van der Waals surface area contributed by atoms with Crippen molar-refractivity contribution in [1.82, 2.24) is 5.32 Å². The molecule has 0 unspecified atom stereocenters. The molecule has 38 heavy (non-hydrogen) atoms. The Morgan fingerprint density at radius 1 is 1.16 bits per heavy atom. The molecule has 6 nitrogen and oxygen atoms in total.